The predicted molar refractivity (Wildman–Crippen MR) is 96.6 cm³/mol. The number of carbonyl (C=O) groups excluding carboxylic acids is 1. The van der Waals surface area contributed by atoms with E-state index in [-0.39, 0.29) is 5.91 Å². The van der Waals surface area contributed by atoms with Crippen molar-refractivity contribution in [3.8, 4) is 0 Å². The van der Waals surface area contributed by atoms with E-state index in [9.17, 15) is 4.79 Å². The van der Waals surface area contributed by atoms with Crippen molar-refractivity contribution in [1.82, 2.24) is 19.8 Å². The highest BCUT2D eigenvalue weighted by atomic mass is 32.1. The van der Waals surface area contributed by atoms with Crippen LogP contribution in [-0.2, 0) is 0 Å². The molecule has 1 aliphatic heterocycles. The van der Waals surface area contributed by atoms with Crippen molar-refractivity contribution in [2.45, 2.75) is 44.1 Å². The van der Waals surface area contributed by atoms with Gasteiger partial charge >= 0.3 is 0 Å². The van der Waals surface area contributed by atoms with Crippen LogP contribution in [0.15, 0.2) is 12.4 Å². The minimum atomic E-state index is 0.0779. The molecule has 128 valence electrons. The third kappa shape index (κ3) is 2.71. The molecule has 1 aliphatic carbocycles. The molecule has 24 heavy (non-hydrogen) atoms. The highest BCUT2D eigenvalue weighted by Gasteiger charge is 2.35. The molecule has 3 heterocycles. The lowest BCUT2D eigenvalue weighted by Crippen LogP contribution is -2.31. The van der Waals surface area contributed by atoms with E-state index in [4.69, 9.17) is 0 Å². The standard InChI is InChI=1S/C18H24N4OS/c1-21(2)18(23)16-14(15-17(24-16)20-9-8-19-15)12-7-10-22(11-12)13-5-3-4-6-13/h8-9,12-13H,3-7,10-11H2,1-2H3/t12-/m0/s1. The number of rotatable bonds is 3. The van der Waals surface area contributed by atoms with Crippen LogP contribution in [-0.4, -0.2) is 58.9 Å². The number of likely N-dealkylation sites (tertiary alicyclic amines) is 1. The molecule has 2 aliphatic rings. The molecule has 2 aromatic heterocycles. The second-order valence-corrected chi connectivity index (χ2v) is 8.17. The molecule has 0 unspecified atom stereocenters. The van der Waals surface area contributed by atoms with Crippen molar-refractivity contribution in [2.75, 3.05) is 27.2 Å². The molecule has 1 saturated carbocycles. The van der Waals surface area contributed by atoms with E-state index in [1.807, 2.05) is 14.1 Å². The van der Waals surface area contributed by atoms with Crippen LogP contribution in [0.5, 0.6) is 0 Å². The van der Waals surface area contributed by atoms with E-state index in [0.29, 0.717) is 5.92 Å². The number of thiophene rings is 1. The van der Waals surface area contributed by atoms with E-state index >= 15 is 0 Å². The largest absolute Gasteiger partial charge is 0.344 e. The van der Waals surface area contributed by atoms with Crippen LogP contribution in [0.4, 0.5) is 0 Å². The molecule has 1 amide bonds. The van der Waals surface area contributed by atoms with Crippen LogP contribution in [0.2, 0.25) is 0 Å². The second kappa shape index (κ2) is 6.41. The van der Waals surface area contributed by atoms with Crippen LogP contribution >= 0.6 is 11.3 Å². The van der Waals surface area contributed by atoms with E-state index in [2.05, 4.69) is 14.9 Å². The molecule has 0 bridgehead atoms. The maximum atomic E-state index is 12.7. The predicted octanol–water partition coefficient (Wildman–Crippen LogP) is 3.13. The summed E-state index contributed by atoms with van der Waals surface area (Å²) in [6.07, 6.45) is 9.97. The minimum absolute atomic E-state index is 0.0779. The van der Waals surface area contributed by atoms with Gasteiger partial charge in [-0.1, -0.05) is 12.8 Å². The van der Waals surface area contributed by atoms with Crippen LogP contribution in [0.25, 0.3) is 10.3 Å². The number of hydrogen-bond donors (Lipinski definition) is 0. The molecular weight excluding hydrogens is 320 g/mol. The first-order valence-electron chi connectivity index (χ1n) is 8.84. The summed E-state index contributed by atoms with van der Waals surface area (Å²) in [6, 6.07) is 0.749. The fourth-order valence-corrected chi connectivity index (χ4v) is 5.42. The molecule has 4 rings (SSSR count). The zero-order valence-electron chi connectivity index (χ0n) is 14.4. The quantitative estimate of drug-likeness (QED) is 0.858. The number of aromatic nitrogens is 2. The van der Waals surface area contributed by atoms with Gasteiger partial charge in [-0.05, 0) is 25.8 Å². The van der Waals surface area contributed by atoms with Gasteiger partial charge in [0, 0.05) is 50.6 Å². The van der Waals surface area contributed by atoms with Gasteiger partial charge in [0.25, 0.3) is 5.91 Å². The van der Waals surface area contributed by atoms with E-state index in [0.717, 1.165) is 46.3 Å². The Bertz CT molecular complexity index is 751. The maximum Gasteiger partial charge on any atom is 0.263 e. The summed E-state index contributed by atoms with van der Waals surface area (Å²) in [4.78, 5) is 27.7. The molecule has 1 saturated heterocycles. The first-order chi connectivity index (χ1) is 11.6. The van der Waals surface area contributed by atoms with Gasteiger partial charge in [-0.3, -0.25) is 14.7 Å². The van der Waals surface area contributed by atoms with Gasteiger partial charge in [0.2, 0.25) is 0 Å². The second-order valence-electron chi connectivity index (χ2n) is 7.17. The summed E-state index contributed by atoms with van der Waals surface area (Å²) >= 11 is 1.50. The first kappa shape index (κ1) is 16.0. The highest BCUT2D eigenvalue weighted by Crippen LogP contribution is 2.40. The molecule has 2 fully saturated rings. The van der Waals surface area contributed by atoms with E-state index < -0.39 is 0 Å². The summed E-state index contributed by atoms with van der Waals surface area (Å²) in [7, 11) is 3.63. The van der Waals surface area contributed by atoms with Crippen LogP contribution in [0.1, 0.15) is 53.3 Å². The lowest BCUT2D eigenvalue weighted by molar-refractivity contribution is 0.0831. The highest BCUT2D eigenvalue weighted by molar-refractivity contribution is 7.20. The average molecular weight is 344 g/mol. The van der Waals surface area contributed by atoms with Gasteiger partial charge in [-0.2, -0.15) is 0 Å². The van der Waals surface area contributed by atoms with Crippen molar-refractivity contribution in [1.29, 1.82) is 0 Å². The Morgan fingerprint density at radius 1 is 1.21 bits per heavy atom. The monoisotopic (exact) mass is 344 g/mol. The van der Waals surface area contributed by atoms with Crippen molar-refractivity contribution >= 4 is 27.6 Å². The Hall–Kier alpha value is -1.53. The average Bonchev–Trinajstić information content (AvgIpc) is 3.31. The third-order valence-electron chi connectivity index (χ3n) is 5.43. The topological polar surface area (TPSA) is 49.3 Å². The van der Waals surface area contributed by atoms with Crippen LogP contribution < -0.4 is 0 Å². The number of carbonyl (C=O) groups is 1. The van der Waals surface area contributed by atoms with Crippen molar-refractivity contribution < 1.29 is 4.79 Å². The zero-order chi connectivity index (χ0) is 16.7. The normalized spacial score (nSPS) is 22.5. The molecule has 0 N–H and O–H groups in total. The number of fused-ring (bicyclic) bond motifs is 1. The summed E-state index contributed by atoms with van der Waals surface area (Å²) in [5.41, 5.74) is 2.08. The molecule has 5 nitrogen and oxygen atoms in total. The van der Waals surface area contributed by atoms with Gasteiger partial charge in [-0.15, -0.1) is 11.3 Å². The lowest BCUT2D eigenvalue weighted by Gasteiger charge is -2.23. The Morgan fingerprint density at radius 2 is 1.96 bits per heavy atom. The van der Waals surface area contributed by atoms with Gasteiger partial charge < -0.3 is 4.90 Å². The van der Waals surface area contributed by atoms with Gasteiger partial charge in [-0.25, -0.2) is 4.98 Å². The van der Waals surface area contributed by atoms with Crippen molar-refractivity contribution in [3.63, 3.8) is 0 Å². The number of hydrogen-bond acceptors (Lipinski definition) is 5. The summed E-state index contributed by atoms with van der Waals surface area (Å²) in [6.45, 7) is 2.20. The first-order valence-corrected chi connectivity index (χ1v) is 9.66. The van der Waals surface area contributed by atoms with Crippen LogP contribution in [0, 0.1) is 0 Å². The molecule has 0 aromatic carbocycles. The smallest absolute Gasteiger partial charge is 0.263 e. The molecular formula is C18H24N4OS. The Labute approximate surface area is 146 Å². The molecule has 2 aromatic rings. The Balaban J connectivity index is 1.70. The molecule has 0 spiro atoms. The fraction of sp³-hybridized carbons (Fsp3) is 0.611. The van der Waals surface area contributed by atoms with Crippen molar-refractivity contribution in [3.05, 3.63) is 22.8 Å². The van der Waals surface area contributed by atoms with Crippen molar-refractivity contribution in [2.24, 2.45) is 0 Å². The Kier molecular flexibility index (Phi) is 4.26. The lowest BCUT2D eigenvalue weighted by atomic mass is 9.97. The van der Waals surface area contributed by atoms with Gasteiger partial charge in [0.15, 0.2) is 0 Å². The molecule has 1 atom stereocenters. The Morgan fingerprint density at radius 3 is 2.71 bits per heavy atom. The summed E-state index contributed by atoms with van der Waals surface area (Å²) in [5, 5.41) is 0. The SMILES string of the molecule is CN(C)C(=O)c1sc2nccnc2c1[C@H]1CCN(C2CCCC2)C1. The molecule has 6 heteroatoms. The summed E-state index contributed by atoms with van der Waals surface area (Å²) in [5.74, 6) is 0.476. The third-order valence-corrected chi connectivity index (χ3v) is 6.52. The molecule has 0 radical (unpaired) electrons. The van der Waals surface area contributed by atoms with Gasteiger partial charge in [0.05, 0.1) is 4.88 Å². The van der Waals surface area contributed by atoms with Crippen LogP contribution in [0.3, 0.4) is 0 Å². The minimum Gasteiger partial charge on any atom is -0.344 e. The number of nitrogens with zero attached hydrogens (tertiary/aromatic N) is 4. The zero-order valence-corrected chi connectivity index (χ0v) is 15.2. The fourth-order valence-electron chi connectivity index (χ4n) is 4.21. The summed E-state index contributed by atoms with van der Waals surface area (Å²) < 4.78 is 0. The van der Waals surface area contributed by atoms with E-state index in [1.165, 1.54) is 37.0 Å². The maximum absolute atomic E-state index is 12.7. The van der Waals surface area contributed by atoms with Gasteiger partial charge in [0.1, 0.15) is 10.3 Å². The van der Waals surface area contributed by atoms with E-state index in [1.54, 1.807) is 17.3 Å². The number of amides is 1.